The molecular formula is C26H29NO5. The van der Waals surface area contributed by atoms with Crippen LogP contribution in [0.3, 0.4) is 0 Å². The first-order chi connectivity index (χ1) is 15.6. The zero-order valence-electron chi connectivity index (χ0n) is 18.3. The standard InChI is InChI=1S/C26H29NO5/c28-22-13-21-24-17(11-20(16-3-1-2-4-16)27(21)14-19(22)26(29)30)12-23(25-18(24)8-10-32-25)31-9-7-15-5-6-15/h12-16,20H,1-11H2,(H,29,30). The second-order valence-electron chi connectivity index (χ2n) is 9.86. The number of carbonyl (C=O) groups is 1. The van der Waals surface area contributed by atoms with Crippen LogP contribution in [-0.4, -0.2) is 28.9 Å². The van der Waals surface area contributed by atoms with E-state index in [9.17, 15) is 14.7 Å². The lowest BCUT2D eigenvalue weighted by molar-refractivity contribution is 0.0694. The van der Waals surface area contributed by atoms with Crippen LogP contribution in [0.4, 0.5) is 0 Å². The number of carboxylic acid groups (broad SMARTS) is 1. The topological polar surface area (TPSA) is 77.8 Å². The normalized spacial score (nSPS) is 21.6. The fourth-order valence-electron chi connectivity index (χ4n) is 5.98. The Hall–Kier alpha value is -2.76. The largest absolute Gasteiger partial charge is 0.490 e. The summed E-state index contributed by atoms with van der Waals surface area (Å²) in [5, 5.41) is 9.58. The Morgan fingerprint density at radius 1 is 1.19 bits per heavy atom. The van der Waals surface area contributed by atoms with E-state index >= 15 is 0 Å². The molecule has 2 aliphatic carbocycles. The Balaban J connectivity index is 1.48. The number of hydrogen-bond donors (Lipinski definition) is 1. The van der Waals surface area contributed by atoms with Crippen molar-refractivity contribution in [2.75, 3.05) is 13.2 Å². The Morgan fingerprint density at radius 3 is 2.75 bits per heavy atom. The van der Waals surface area contributed by atoms with Crippen LogP contribution in [0.5, 0.6) is 11.5 Å². The van der Waals surface area contributed by atoms with Crippen molar-refractivity contribution < 1.29 is 19.4 Å². The molecule has 6 rings (SSSR count). The van der Waals surface area contributed by atoms with E-state index in [-0.39, 0.29) is 11.6 Å². The van der Waals surface area contributed by atoms with Gasteiger partial charge in [0.05, 0.1) is 18.9 Å². The van der Waals surface area contributed by atoms with E-state index in [2.05, 4.69) is 10.6 Å². The van der Waals surface area contributed by atoms with E-state index in [1.54, 1.807) is 6.20 Å². The van der Waals surface area contributed by atoms with Crippen molar-refractivity contribution in [1.82, 2.24) is 4.57 Å². The van der Waals surface area contributed by atoms with Gasteiger partial charge in [0.25, 0.3) is 0 Å². The minimum atomic E-state index is -1.16. The lowest BCUT2D eigenvalue weighted by atomic mass is 9.82. The van der Waals surface area contributed by atoms with Crippen LogP contribution in [0.25, 0.3) is 11.3 Å². The van der Waals surface area contributed by atoms with Gasteiger partial charge in [-0.1, -0.05) is 25.7 Å². The molecule has 1 atom stereocenters. The van der Waals surface area contributed by atoms with Crippen LogP contribution in [0.15, 0.2) is 23.1 Å². The summed E-state index contributed by atoms with van der Waals surface area (Å²) >= 11 is 0. The summed E-state index contributed by atoms with van der Waals surface area (Å²) in [6, 6.07) is 3.83. The quantitative estimate of drug-likeness (QED) is 0.717. The minimum absolute atomic E-state index is 0.145. The van der Waals surface area contributed by atoms with Gasteiger partial charge in [-0.2, -0.15) is 0 Å². The molecule has 0 bridgehead atoms. The summed E-state index contributed by atoms with van der Waals surface area (Å²) in [6.45, 7) is 1.32. The van der Waals surface area contributed by atoms with Gasteiger partial charge in [-0.25, -0.2) is 4.79 Å². The van der Waals surface area contributed by atoms with E-state index in [4.69, 9.17) is 9.47 Å². The first kappa shape index (κ1) is 19.9. The molecule has 0 saturated heterocycles. The summed E-state index contributed by atoms with van der Waals surface area (Å²) in [7, 11) is 0. The lowest BCUT2D eigenvalue weighted by Crippen LogP contribution is -2.29. The first-order valence-corrected chi connectivity index (χ1v) is 12.0. The predicted octanol–water partition coefficient (Wildman–Crippen LogP) is 4.61. The van der Waals surface area contributed by atoms with Crippen LogP contribution in [0, 0.1) is 11.8 Å². The van der Waals surface area contributed by atoms with E-state index in [0.29, 0.717) is 19.1 Å². The zero-order valence-corrected chi connectivity index (χ0v) is 18.3. The number of hydrogen-bond acceptors (Lipinski definition) is 4. The Morgan fingerprint density at radius 2 is 2.00 bits per heavy atom. The monoisotopic (exact) mass is 435 g/mol. The fraction of sp³-hybridized carbons (Fsp3) is 0.538. The van der Waals surface area contributed by atoms with Gasteiger partial charge in [0.2, 0.25) is 0 Å². The van der Waals surface area contributed by atoms with Gasteiger partial charge in [0.15, 0.2) is 16.9 Å². The number of nitrogens with zero attached hydrogens (tertiary/aromatic N) is 1. The lowest BCUT2D eigenvalue weighted by Gasteiger charge is -2.35. The second-order valence-corrected chi connectivity index (χ2v) is 9.86. The minimum Gasteiger partial charge on any atom is -0.490 e. The molecule has 6 nitrogen and oxygen atoms in total. The molecule has 4 aliphatic rings. The average Bonchev–Trinajstić information content (AvgIpc) is 3.23. The molecule has 1 aromatic carbocycles. The summed E-state index contributed by atoms with van der Waals surface area (Å²) in [5.41, 5.74) is 3.62. The molecule has 1 N–H and O–H groups in total. The van der Waals surface area contributed by atoms with Gasteiger partial charge in [-0.15, -0.1) is 0 Å². The van der Waals surface area contributed by atoms with E-state index in [1.807, 2.05) is 0 Å². The molecule has 32 heavy (non-hydrogen) atoms. The SMILES string of the molecule is O=C(O)c1cn2c(cc1=O)-c1c(cc(OCCC3CC3)c3c1CCO3)CC2C1CCCC1. The highest BCUT2D eigenvalue weighted by Crippen LogP contribution is 2.50. The molecule has 3 heterocycles. The molecule has 2 fully saturated rings. The van der Waals surface area contributed by atoms with Crippen LogP contribution in [0.1, 0.15) is 72.5 Å². The third-order valence-corrected chi connectivity index (χ3v) is 7.80. The van der Waals surface area contributed by atoms with Gasteiger partial charge in [-0.05, 0) is 49.1 Å². The molecule has 1 aromatic heterocycles. The third-order valence-electron chi connectivity index (χ3n) is 7.80. The number of benzene rings is 1. The van der Waals surface area contributed by atoms with Crippen molar-refractivity contribution in [2.45, 2.75) is 63.8 Å². The number of aromatic carboxylic acids is 1. The number of ether oxygens (including phenoxy) is 2. The first-order valence-electron chi connectivity index (χ1n) is 12.0. The molecule has 0 radical (unpaired) electrons. The fourth-order valence-corrected chi connectivity index (χ4v) is 5.98. The molecule has 2 saturated carbocycles. The number of pyridine rings is 1. The average molecular weight is 436 g/mol. The maximum atomic E-state index is 12.7. The van der Waals surface area contributed by atoms with Gasteiger partial charge < -0.3 is 19.1 Å². The predicted molar refractivity (Wildman–Crippen MR) is 120 cm³/mol. The number of rotatable bonds is 6. The van der Waals surface area contributed by atoms with Crippen LogP contribution >= 0.6 is 0 Å². The van der Waals surface area contributed by atoms with Gasteiger partial charge in [-0.3, -0.25) is 4.79 Å². The number of carboxylic acids is 1. The van der Waals surface area contributed by atoms with Crippen LogP contribution in [-0.2, 0) is 12.8 Å². The van der Waals surface area contributed by atoms with Crippen molar-refractivity contribution in [2.24, 2.45) is 11.8 Å². The van der Waals surface area contributed by atoms with E-state index < -0.39 is 11.4 Å². The van der Waals surface area contributed by atoms with Gasteiger partial charge in [0, 0.05) is 35.9 Å². The molecule has 0 amide bonds. The Kier molecular flexibility index (Phi) is 4.77. The zero-order chi connectivity index (χ0) is 21.8. The van der Waals surface area contributed by atoms with E-state index in [0.717, 1.165) is 66.3 Å². The summed E-state index contributed by atoms with van der Waals surface area (Å²) in [6.07, 6.45) is 11.6. The molecule has 2 aromatic rings. The highest BCUT2D eigenvalue weighted by atomic mass is 16.5. The van der Waals surface area contributed by atoms with Crippen molar-refractivity contribution >= 4 is 5.97 Å². The van der Waals surface area contributed by atoms with Crippen molar-refractivity contribution in [3.63, 3.8) is 0 Å². The highest BCUT2D eigenvalue weighted by molar-refractivity contribution is 5.88. The number of fused-ring (bicyclic) bond motifs is 5. The smallest absolute Gasteiger partial charge is 0.341 e. The maximum absolute atomic E-state index is 12.7. The van der Waals surface area contributed by atoms with Crippen molar-refractivity contribution in [3.8, 4) is 22.8 Å². The Bertz CT molecular complexity index is 1140. The van der Waals surface area contributed by atoms with Crippen LogP contribution in [0.2, 0.25) is 0 Å². The van der Waals surface area contributed by atoms with Crippen molar-refractivity contribution in [3.05, 3.63) is 45.2 Å². The highest BCUT2D eigenvalue weighted by Gasteiger charge is 2.36. The van der Waals surface area contributed by atoms with Crippen LogP contribution < -0.4 is 14.9 Å². The summed E-state index contributed by atoms with van der Waals surface area (Å²) < 4.78 is 14.3. The molecule has 0 spiro atoms. The summed E-state index contributed by atoms with van der Waals surface area (Å²) in [5.74, 6) is 1.79. The summed E-state index contributed by atoms with van der Waals surface area (Å²) in [4.78, 5) is 24.4. The molecule has 1 unspecified atom stereocenters. The Labute approximate surface area is 187 Å². The van der Waals surface area contributed by atoms with Gasteiger partial charge >= 0.3 is 5.97 Å². The molecule has 6 heteroatoms. The maximum Gasteiger partial charge on any atom is 0.341 e. The molecule has 2 aliphatic heterocycles. The van der Waals surface area contributed by atoms with E-state index in [1.165, 1.54) is 37.3 Å². The van der Waals surface area contributed by atoms with Gasteiger partial charge in [0.1, 0.15) is 5.56 Å². The molecule has 168 valence electrons. The van der Waals surface area contributed by atoms with Crippen molar-refractivity contribution in [1.29, 1.82) is 0 Å². The number of aromatic nitrogens is 1. The third kappa shape index (κ3) is 3.31. The second kappa shape index (κ2) is 7.68. The molecular weight excluding hydrogens is 406 g/mol.